The summed E-state index contributed by atoms with van der Waals surface area (Å²) >= 11 is 5.89. The van der Waals surface area contributed by atoms with Gasteiger partial charge in [-0.3, -0.25) is 0 Å². The van der Waals surface area contributed by atoms with Crippen molar-refractivity contribution in [3.8, 4) is 11.5 Å². The number of benzene rings is 1. The number of hydrogen-bond donors (Lipinski definition) is 1. The molecule has 1 aliphatic rings. The largest absolute Gasteiger partial charge is 0.506 e. The third-order valence-electron chi connectivity index (χ3n) is 2.27. The number of hydrogen-bond acceptors (Lipinski definition) is 3. The molecule has 14 heavy (non-hydrogen) atoms. The number of halogens is 1. The minimum absolute atomic E-state index is 0.0422. The van der Waals surface area contributed by atoms with Gasteiger partial charge in [-0.15, -0.1) is 0 Å². The number of ether oxygens (including phenoxy) is 1. The zero-order valence-electron chi connectivity index (χ0n) is 7.42. The number of aromatic hydroxyl groups is 1. The summed E-state index contributed by atoms with van der Waals surface area (Å²) in [6.07, 6.45) is 1.70. The van der Waals surface area contributed by atoms with Gasteiger partial charge >= 0.3 is 0 Å². The van der Waals surface area contributed by atoms with Gasteiger partial charge < -0.3 is 14.6 Å². The molecule has 74 valence electrons. The van der Waals surface area contributed by atoms with E-state index in [1.165, 1.54) is 0 Å². The zero-order chi connectivity index (χ0) is 10.1. The van der Waals surface area contributed by atoms with Gasteiger partial charge in [-0.2, -0.15) is 0 Å². The predicted octanol–water partition coefficient (Wildman–Crippen LogP) is 1.72. The minimum Gasteiger partial charge on any atom is -0.506 e. The second-order valence-corrected chi connectivity index (χ2v) is 3.53. The topological polar surface area (TPSA) is 46.5 Å². The number of carbonyl (C=O) groups is 1. The highest BCUT2D eigenvalue weighted by atomic mass is 35.5. The van der Waals surface area contributed by atoms with Gasteiger partial charge in [0.1, 0.15) is 22.8 Å². The van der Waals surface area contributed by atoms with Crippen LogP contribution in [0.1, 0.15) is 11.1 Å². The summed E-state index contributed by atoms with van der Waals surface area (Å²) in [5.41, 5.74) is 1.53. The Morgan fingerprint density at radius 2 is 2.43 bits per heavy atom. The van der Waals surface area contributed by atoms with E-state index < -0.39 is 0 Å². The lowest BCUT2D eigenvalue weighted by molar-refractivity contribution is -0.107. The van der Waals surface area contributed by atoms with Gasteiger partial charge in [0.25, 0.3) is 0 Å². The van der Waals surface area contributed by atoms with E-state index in [0.717, 1.165) is 18.3 Å². The minimum atomic E-state index is -0.0422. The number of rotatable bonds is 2. The molecule has 2 rings (SSSR count). The molecule has 1 aliphatic heterocycles. The molecule has 0 spiro atoms. The number of phenols is 1. The van der Waals surface area contributed by atoms with Crippen molar-refractivity contribution >= 4 is 17.9 Å². The molecule has 0 aromatic heterocycles. The van der Waals surface area contributed by atoms with Crippen LogP contribution in [0.4, 0.5) is 0 Å². The first-order valence-corrected chi connectivity index (χ1v) is 4.71. The third-order valence-corrected chi connectivity index (χ3v) is 2.62. The van der Waals surface area contributed by atoms with E-state index in [-0.39, 0.29) is 17.2 Å². The standard InChI is InChI=1S/C10H9ClO3/c11-8-9(13)6(1-3-12)5-7-2-4-14-10(7)8/h3,5,13H,1-2,4H2. The first-order chi connectivity index (χ1) is 6.74. The summed E-state index contributed by atoms with van der Waals surface area (Å²) in [5, 5.41) is 9.84. The Morgan fingerprint density at radius 3 is 3.14 bits per heavy atom. The fourth-order valence-electron chi connectivity index (χ4n) is 1.58. The van der Waals surface area contributed by atoms with Crippen LogP contribution in [0, 0.1) is 0 Å². The number of carbonyl (C=O) groups excluding carboxylic acids is 1. The summed E-state index contributed by atoms with van der Waals surface area (Å²) in [6, 6.07) is 1.78. The van der Waals surface area contributed by atoms with Crippen molar-refractivity contribution < 1.29 is 14.6 Å². The van der Waals surface area contributed by atoms with Gasteiger partial charge in [-0.1, -0.05) is 11.6 Å². The second-order valence-electron chi connectivity index (χ2n) is 3.16. The summed E-state index contributed by atoms with van der Waals surface area (Å²) in [7, 11) is 0. The Balaban J connectivity index is 2.54. The number of phenolic OH excluding ortho intramolecular Hbond substituents is 1. The maximum Gasteiger partial charge on any atom is 0.145 e. The van der Waals surface area contributed by atoms with Crippen LogP contribution < -0.4 is 4.74 Å². The first kappa shape index (κ1) is 9.34. The van der Waals surface area contributed by atoms with Crippen LogP contribution >= 0.6 is 11.6 Å². The molecular weight excluding hydrogens is 204 g/mol. The van der Waals surface area contributed by atoms with Gasteiger partial charge in [0.05, 0.1) is 6.61 Å². The van der Waals surface area contributed by atoms with Crippen LogP contribution in [0.3, 0.4) is 0 Å². The van der Waals surface area contributed by atoms with Crippen LogP contribution in [0.5, 0.6) is 11.5 Å². The molecule has 1 aromatic carbocycles. The number of aldehydes is 1. The van der Waals surface area contributed by atoms with Crippen molar-refractivity contribution in [1.82, 2.24) is 0 Å². The van der Waals surface area contributed by atoms with Gasteiger partial charge in [0.2, 0.25) is 0 Å². The van der Waals surface area contributed by atoms with Crippen molar-refractivity contribution in [3.05, 3.63) is 22.2 Å². The molecule has 0 saturated carbocycles. The van der Waals surface area contributed by atoms with Crippen molar-refractivity contribution in [2.45, 2.75) is 12.8 Å². The molecule has 4 heteroatoms. The lowest BCUT2D eigenvalue weighted by atomic mass is 10.1. The van der Waals surface area contributed by atoms with Crippen LogP contribution in [-0.2, 0) is 17.6 Å². The molecule has 0 atom stereocenters. The monoisotopic (exact) mass is 212 g/mol. The molecule has 0 saturated heterocycles. The lowest BCUT2D eigenvalue weighted by Gasteiger charge is -2.07. The molecule has 1 N–H and O–H groups in total. The van der Waals surface area contributed by atoms with Crippen LogP contribution in [0.15, 0.2) is 6.07 Å². The van der Waals surface area contributed by atoms with E-state index >= 15 is 0 Å². The molecule has 0 radical (unpaired) electrons. The van der Waals surface area contributed by atoms with Crippen molar-refractivity contribution in [3.63, 3.8) is 0 Å². The third kappa shape index (κ3) is 1.34. The fraction of sp³-hybridized carbons (Fsp3) is 0.300. The molecule has 0 fully saturated rings. The Kier molecular flexibility index (Phi) is 2.33. The molecule has 0 unspecified atom stereocenters. The Morgan fingerprint density at radius 1 is 1.64 bits per heavy atom. The van der Waals surface area contributed by atoms with E-state index in [0.29, 0.717) is 17.9 Å². The summed E-state index contributed by atoms with van der Waals surface area (Å²) in [4.78, 5) is 10.4. The first-order valence-electron chi connectivity index (χ1n) is 4.33. The predicted molar refractivity (Wildman–Crippen MR) is 52.1 cm³/mol. The van der Waals surface area contributed by atoms with Gasteiger partial charge in [0, 0.05) is 18.4 Å². The Bertz CT molecular complexity index is 387. The van der Waals surface area contributed by atoms with Gasteiger partial charge in [-0.25, -0.2) is 0 Å². The average Bonchev–Trinajstić information content (AvgIpc) is 2.62. The molecule has 0 amide bonds. The SMILES string of the molecule is O=CCc1cc2c(c(Cl)c1O)OCC2. The highest BCUT2D eigenvalue weighted by molar-refractivity contribution is 6.33. The van der Waals surface area contributed by atoms with Crippen molar-refractivity contribution in [2.75, 3.05) is 6.61 Å². The van der Waals surface area contributed by atoms with Crippen molar-refractivity contribution in [1.29, 1.82) is 0 Å². The molecule has 1 aromatic rings. The molecule has 3 nitrogen and oxygen atoms in total. The van der Waals surface area contributed by atoms with Crippen molar-refractivity contribution in [2.24, 2.45) is 0 Å². The summed E-state index contributed by atoms with van der Waals surface area (Å²) in [5.74, 6) is 0.512. The number of fused-ring (bicyclic) bond motifs is 1. The van der Waals surface area contributed by atoms with Gasteiger partial charge in [-0.05, 0) is 11.6 Å². The van der Waals surface area contributed by atoms with E-state index in [1.807, 2.05) is 0 Å². The highest BCUT2D eigenvalue weighted by Gasteiger charge is 2.21. The molecule has 1 heterocycles. The Labute approximate surface area is 86.3 Å². The fourth-order valence-corrected chi connectivity index (χ4v) is 1.88. The second kappa shape index (κ2) is 3.50. The van der Waals surface area contributed by atoms with Gasteiger partial charge in [0.15, 0.2) is 0 Å². The molecule has 0 aliphatic carbocycles. The quantitative estimate of drug-likeness (QED) is 0.760. The average molecular weight is 213 g/mol. The van der Waals surface area contributed by atoms with E-state index in [9.17, 15) is 9.90 Å². The summed E-state index contributed by atoms with van der Waals surface area (Å²) in [6.45, 7) is 0.582. The zero-order valence-corrected chi connectivity index (χ0v) is 8.17. The molecule has 0 bridgehead atoms. The maximum absolute atomic E-state index is 10.4. The molecular formula is C10H9ClO3. The van der Waals surface area contributed by atoms with E-state index in [1.54, 1.807) is 6.07 Å². The van der Waals surface area contributed by atoms with Crippen LogP contribution in [0.2, 0.25) is 5.02 Å². The normalized spacial score (nSPS) is 13.5. The lowest BCUT2D eigenvalue weighted by Crippen LogP contribution is -1.90. The van der Waals surface area contributed by atoms with Crippen LogP contribution in [0.25, 0.3) is 0 Å². The van der Waals surface area contributed by atoms with E-state index in [2.05, 4.69) is 0 Å². The Hall–Kier alpha value is -1.22. The highest BCUT2D eigenvalue weighted by Crippen LogP contribution is 2.41. The maximum atomic E-state index is 10.4. The van der Waals surface area contributed by atoms with Crippen LogP contribution in [-0.4, -0.2) is 18.0 Å². The van der Waals surface area contributed by atoms with E-state index in [4.69, 9.17) is 16.3 Å². The summed E-state index contributed by atoms with van der Waals surface area (Å²) < 4.78 is 5.26. The smallest absolute Gasteiger partial charge is 0.145 e.